The molecule has 1 aromatic carbocycles. The van der Waals surface area contributed by atoms with Crippen molar-refractivity contribution in [2.75, 3.05) is 13.6 Å². The molecule has 0 aliphatic heterocycles. The van der Waals surface area contributed by atoms with Gasteiger partial charge in [-0.1, -0.05) is 24.0 Å². The van der Waals surface area contributed by atoms with Crippen LogP contribution in [-0.4, -0.2) is 19.6 Å². The molecular formula is C17H17F3IN3S. The number of hydrogen-bond acceptors (Lipinski definition) is 2. The second-order valence-electron chi connectivity index (χ2n) is 4.74. The van der Waals surface area contributed by atoms with Gasteiger partial charge in [-0.2, -0.15) is 13.2 Å². The van der Waals surface area contributed by atoms with E-state index >= 15 is 0 Å². The van der Waals surface area contributed by atoms with E-state index in [9.17, 15) is 13.2 Å². The third kappa shape index (κ3) is 7.36. The average Bonchev–Trinajstić information content (AvgIpc) is 3.07. The predicted octanol–water partition coefficient (Wildman–Crippen LogP) is 4.10. The number of alkyl halides is 3. The zero-order valence-corrected chi connectivity index (χ0v) is 16.5. The highest BCUT2D eigenvalue weighted by atomic mass is 127. The highest BCUT2D eigenvalue weighted by molar-refractivity contribution is 14.0. The zero-order chi connectivity index (χ0) is 17.4. The molecule has 0 fully saturated rings. The number of hydrogen-bond donors (Lipinski definition) is 2. The average molecular weight is 479 g/mol. The number of nitrogens with one attached hydrogen (secondary N) is 2. The molecule has 0 unspecified atom stereocenters. The van der Waals surface area contributed by atoms with Crippen molar-refractivity contribution in [3.8, 4) is 11.8 Å². The van der Waals surface area contributed by atoms with Gasteiger partial charge in [-0.05, 0) is 29.6 Å². The first kappa shape index (κ1) is 21.3. The lowest BCUT2D eigenvalue weighted by Gasteiger charge is -2.08. The lowest BCUT2D eigenvalue weighted by molar-refractivity contribution is -0.137. The van der Waals surface area contributed by atoms with E-state index in [1.807, 2.05) is 17.5 Å². The van der Waals surface area contributed by atoms with Crippen LogP contribution in [0.2, 0.25) is 0 Å². The Morgan fingerprint density at radius 1 is 1.20 bits per heavy atom. The van der Waals surface area contributed by atoms with Gasteiger partial charge in [-0.25, -0.2) is 0 Å². The molecule has 25 heavy (non-hydrogen) atoms. The smallest absolute Gasteiger partial charge is 0.352 e. The van der Waals surface area contributed by atoms with Gasteiger partial charge in [-0.15, -0.1) is 35.3 Å². The van der Waals surface area contributed by atoms with Crippen molar-refractivity contribution in [3.63, 3.8) is 0 Å². The summed E-state index contributed by atoms with van der Waals surface area (Å²) in [7, 11) is 1.64. The minimum Gasteiger partial charge on any atom is -0.352 e. The summed E-state index contributed by atoms with van der Waals surface area (Å²) in [4.78, 5) is 5.24. The van der Waals surface area contributed by atoms with Crippen molar-refractivity contribution in [1.29, 1.82) is 0 Å². The fourth-order valence-electron chi connectivity index (χ4n) is 1.85. The van der Waals surface area contributed by atoms with Gasteiger partial charge in [0.25, 0.3) is 0 Å². The van der Waals surface area contributed by atoms with Crippen LogP contribution in [0.4, 0.5) is 13.2 Å². The Morgan fingerprint density at radius 3 is 2.64 bits per heavy atom. The molecule has 0 aliphatic rings. The number of nitrogens with zero attached hydrogens (tertiary/aromatic N) is 1. The van der Waals surface area contributed by atoms with E-state index in [1.54, 1.807) is 24.5 Å². The Balaban J connectivity index is 0.00000312. The molecule has 8 heteroatoms. The van der Waals surface area contributed by atoms with Crippen LogP contribution in [0.25, 0.3) is 0 Å². The van der Waals surface area contributed by atoms with E-state index in [4.69, 9.17) is 0 Å². The maximum Gasteiger partial charge on any atom is 0.416 e. The van der Waals surface area contributed by atoms with Crippen LogP contribution >= 0.6 is 35.3 Å². The molecule has 0 aliphatic carbocycles. The van der Waals surface area contributed by atoms with Crippen LogP contribution < -0.4 is 10.6 Å². The number of rotatable bonds is 3. The monoisotopic (exact) mass is 479 g/mol. The van der Waals surface area contributed by atoms with Crippen LogP contribution in [0.3, 0.4) is 0 Å². The lowest BCUT2D eigenvalue weighted by atomic mass is 10.1. The number of thiophene rings is 1. The van der Waals surface area contributed by atoms with Gasteiger partial charge >= 0.3 is 6.18 Å². The minimum absolute atomic E-state index is 0. The highest BCUT2D eigenvalue weighted by Gasteiger charge is 2.30. The summed E-state index contributed by atoms with van der Waals surface area (Å²) in [6, 6.07) is 8.95. The van der Waals surface area contributed by atoms with Crippen LogP contribution in [0.15, 0.2) is 46.8 Å². The number of aliphatic imine (C=N–C) groups is 1. The lowest BCUT2D eigenvalue weighted by Crippen LogP contribution is -2.36. The van der Waals surface area contributed by atoms with Crippen LogP contribution in [-0.2, 0) is 12.7 Å². The maximum absolute atomic E-state index is 12.6. The van der Waals surface area contributed by atoms with Gasteiger partial charge in [0.15, 0.2) is 5.96 Å². The minimum atomic E-state index is -4.36. The summed E-state index contributed by atoms with van der Waals surface area (Å²) in [6.07, 6.45) is -4.36. The number of guanidine groups is 1. The quantitative estimate of drug-likeness (QED) is 0.301. The van der Waals surface area contributed by atoms with Crippen LogP contribution in [0.5, 0.6) is 0 Å². The molecule has 0 spiro atoms. The normalized spacial score (nSPS) is 11.1. The number of benzene rings is 1. The molecule has 2 rings (SSSR count). The topological polar surface area (TPSA) is 36.4 Å². The molecule has 0 bridgehead atoms. The van der Waals surface area contributed by atoms with Gasteiger partial charge < -0.3 is 10.6 Å². The van der Waals surface area contributed by atoms with Crippen molar-refractivity contribution >= 4 is 41.3 Å². The number of halogens is 4. The third-order valence-corrected chi connectivity index (χ3v) is 3.88. The first-order chi connectivity index (χ1) is 11.5. The molecule has 3 nitrogen and oxygen atoms in total. The van der Waals surface area contributed by atoms with Gasteiger partial charge in [-0.3, -0.25) is 4.99 Å². The fourth-order valence-corrected chi connectivity index (χ4v) is 2.50. The Morgan fingerprint density at radius 2 is 2.00 bits per heavy atom. The molecule has 2 aromatic rings. The molecule has 2 N–H and O–H groups in total. The summed E-state index contributed by atoms with van der Waals surface area (Å²) in [5, 5.41) is 8.12. The van der Waals surface area contributed by atoms with Crippen LogP contribution in [0.1, 0.15) is 16.0 Å². The molecular weight excluding hydrogens is 462 g/mol. The predicted molar refractivity (Wildman–Crippen MR) is 106 cm³/mol. The summed E-state index contributed by atoms with van der Waals surface area (Å²) >= 11 is 1.64. The molecule has 0 saturated heterocycles. The van der Waals surface area contributed by atoms with E-state index in [2.05, 4.69) is 27.5 Å². The van der Waals surface area contributed by atoms with E-state index in [0.29, 0.717) is 18.1 Å². The second-order valence-corrected chi connectivity index (χ2v) is 5.77. The summed E-state index contributed by atoms with van der Waals surface area (Å²) in [5.41, 5.74) is -0.371. The summed E-state index contributed by atoms with van der Waals surface area (Å²) < 4.78 is 37.9. The molecule has 0 saturated carbocycles. The maximum atomic E-state index is 12.6. The summed E-state index contributed by atoms with van der Waals surface area (Å²) in [5.74, 6) is 6.09. The van der Waals surface area contributed by atoms with Gasteiger partial charge in [0.05, 0.1) is 18.7 Å². The van der Waals surface area contributed by atoms with Crippen molar-refractivity contribution in [2.45, 2.75) is 12.7 Å². The first-order valence-corrected chi connectivity index (χ1v) is 8.00. The Bertz CT molecular complexity index is 746. The first-order valence-electron chi connectivity index (χ1n) is 7.12. The Kier molecular flexibility index (Phi) is 8.78. The largest absolute Gasteiger partial charge is 0.416 e. The molecule has 0 radical (unpaired) electrons. The zero-order valence-electron chi connectivity index (χ0n) is 13.4. The molecule has 0 atom stereocenters. The second kappa shape index (κ2) is 10.3. The van der Waals surface area contributed by atoms with E-state index in [-0.39, 0.29) is 30.5 Å². The standard InChI is InChI=1S/C17H16F3N3S.HI/c1-21-16(23-12-15-8-4-10-24-15)22-9-3-6-13-5-2-7-14(11-13)17(18,19)20;/h2,4-5,7-8,10-11H,9,12H2,1H3,(H2,21,22,23);1H. The Labute approximate surface area is 165 Å². The van der Waals surface area contributed by atoms with Gasteiger partial charge in [0.1, 0.15) is 0 Å². The van der Waals surface area contributed by atoms with Gasteiger partial charge in [0, 0.05) is 17.5 Å². The SMILES string of the molecule is CN=C(NCC#Cc1cccc(C(F)(F)F)c1)NCc1cccs1.I. The highest BCUT2D eigenvalue weighted by Crippen LogP contribution is 2.29. The third-order valence-electron chi connectivity index (χ3n) is 3.00. The van der Waals surface area contributed by atoms with Gasteiger partial charge in [0.2, 0.25) is 0 Å². The summed E-state index contributed by atoms with van der Waals surface area (Å²) in [6.45, 7) is 0.929. The van der Waals surface area contributed by atoms with Crippen molar-refractivity contribution in [2.24, 2.45) is 4.99 Å². The molecule has 0 amide bonds. The van der Waals surface area contributed by atoms with Crippen molar-refractivity contribution in [1.82, 2.24) is 10.6 Å². The van der Waals surface area contributed by atoms with Crippen molar-refractivity contribution in [3.05, 3.63) is 57.8 Å². The van der Waals surface area contributed by atoms with Crippen molar-refractivity contribution < 1.29 is 13.2 Å². The molecule has 1 heterocycles. The van der Waals surface area contributed by atoms with E-state index in [0.717, 1.165) is 12.1 Å². The van der Waals surface area contributed by atoms with E-state index in [1.165, 1.54) is 10.9 Å². The van der Waals surface area contributed by atoms with Crippen LogP contribution in [0, 0.1) is 11.8 Å². The Hall–Kier alpha value is -1.73. The molecule has 134 valence electrons. The van der Waals surface area contributed by atoms with E-state index < -0.39 is 11.7 Å². The molecule has 1 aromatic heterocycles. The fraction of sp³-hybridized carbons (Fsp3) is 0.235.